The highest BCUT2D eigenvalue weighted by Gasteiger charge is 2.11. The van der Waals surface area contributed by atoms with Crippen LogP contribution in [0.25, 0.3) is 0 Å². The first-order chi connectivity index (χ1) is 15.4. The molecule has 2 rings (SSSR count). The Balaban J connectivity index is 2.45. The predicted molar refractivity (Wildman–Crippen MR) is 144 cm³/mol. The van der Waals surface area contributed by atoms with Crippen LogP contribution in [-0.4, -0.2) is 11.4 Å². The van der Waals surface area contributed by atoms with Crippen molar-refractivity contribution in [2.45, 2.75) is 106 Å². The molecule has 2 aromatic carbocycles. The Morgan fingerprint density at radius 1 is 0.500 bits per heavy atom. The highest BCUT2D eigenvalue weighted by atomic mass is 14.8. The van der Waals surface area contributed by atoms with E-state index in [4.69, 9.17) is 9.98 Å². The third kappa shape index (κ3) is 9.51. The van der Waals surface area contributed by atoms with Crippen molar-refractivity contribution in [2.24, 2.45) is 9.98 Å². The van der Waals surface area contributed by atoms with Crippen molar-refractivity contribution < 1.29 is 0 Å². The van der Waals surface area contributed by atoms with Gasteiger partial charge in [-0.05, 0) is 99.9 Å². The minimum atomic E-state index is 1.00. The van der Waals surface area contributed by atoms with Crippen LogP contribution < -0.4 is 0 Å². The lowest BCUT2D eigenvalue weighted by Gasteiger charge is -2.13. The minimum Gasteiger partial charge on any atom is -0.252 e. The summed E-state index contributed by atoms with van der Waals surface area (Å²) >= 11 is 0. The minimum absolute atomic E-state index is 1.00. The van der Waals surface area contributed by atoms with Crippen molar-refractivity contribution in [1.82, 2.24) is 0 Å². The van der Waals surface area contributed by atoms with Crippen LogP contribution in [0.1, 0.15) is 100 Å². The van der Waals surface area contributed by atoms with Gasteiger partial charge in [0.2, 0.25) is 0 Å². The lowest BCUT2D eigenvalue weighted by molar-refractivity contribution is 0.678. The van der Waals surface area contributed by atoms with E-state index in [1.807, 2.05) is 0 Å². The Morgan fingerprint density at radius 2 is 0.844 bits per heavy atom. The fraction of sp³-hybridized carbons (Fsp3) is 0.533. The van der Waals surface area contributed by atoms with Crippen LogP contribution in [-0.2, 0) is 0 Å². The molecule has 0 bridgehead atoms. The van der Waals surface area contributed by atoms with Gasteiger partial charge in [0.05, 0.1) is 22.8 Å². The summed E-state index contributed by atoms with van der Waals surface area (Å²) in [5.41, 5.74) is 9.57. The summed E-state index contributed by atoms with van der Waals surface area (Å²) in [5.74, 6) is 0. The quantitative estimate of drug-likeness (QED) is 0.222. The fourth-order valence-electron chi connectivity index (χ4n) is 4.31. The fourth-order valence-corrected chi connectivity index (χ4v) is 4.31. The molecule has 0 unspecified atom stereocenters. The molecule has 0 radical (unpaired) electrons. The molecule has 0 N–H and O–H groups in total. The Bertz CT molecular complexity index is 789. The van der Waals surface area contributed by atoms with Crippen LogP contribution in [0.2, 0.25) is 0 Å². The molecule has 0 spiro atoms. The Hall–Kier alpha value is -2.22. The summed E-state index contributed by atoms with van der Waals surface area (Å²) in [5, 5.41) is 0. The van der Waals surface area contributed by atoms with E-state index in [-0.39, 0.29) is 0 Å². The molecule has 0 aromatic heterocycles. The van der Waals surface area contributed by atoms with E-state index in [0.717, 1.165) is 24.2 Å². The summed E-state index contributed by atoms with van der Waals surface area (Å²) in [6, 6.07) is 13.2. The second kappa shape index (κ2) is 14.0. The van der Waals surface area contributed by atoms with Crippen LogP contribution in [0.15, 0.2) is 46.4 Å². The van der Waals surface area contributed by atoms with Gasteiger partial charge in [-0.1, -0.05) is 64.5 Å². The van der Waals surface area contributed by atoms with Crippen molar-refractivity contribution >= 4 is 22.8 Å². The number of unbranched alkanes of at least 4 members (excludes halogenated alkanes) is 6. The van der Waals surface area contributed by atoms with Gasteiger partial charge in [0.25, 0.3) is 0 Å². The van der Waals surface area contributed by atoms with E-state index in [2.05, 4.69) is 77.9 Å². The normalized spacial score (nSPS) is 12.4. The molecule has 174 valence electrons. The summed E-state index contributed by atoms with van der Waals surface area (Å²) in [7, 11) is 0. The van der Waals surface area contributed by atoms with Gasteiger partial charge in [-0.15, -0.1) is 0 Å². The van der Waals surface area contributed by atoms with Crippen LogP contribution in [0.5, 0.6) is 0 Å². The second-order valence-electron chi connectivity index (χ2n) is 9.43. The molecule has 0 aliphatic rings. The van der Waals surface area contributed by atoms with Gasteiger partial charge in [-0.25, -0.2) is 0 Å². The van der Waals surface area contributed by atoms with E-state index < -0.39 is 0 Å². The van der Waals surface area contributed by atoms with Crippen LogP contribution in [0.4, 0.5) is 11.4 Å². The first kappa shape index (κ1) is 26.0. The summed E-state index contributed by atoms with van der Waals surface area (Å²) in [6.07, 6.45) is 12.0. The van der Waals surface area contributed by atoms with E-state index in [9.17, 15) is 0 Å². The number of aryl methyl sites for hydroxylation is 4. The van der Waals surface area contributed by atoms with Crippen molar-refractivity contribution in [3.8, 4) is 0 Å². The van der Waals surface area contributed by atoms with Gasteiger partial charge in [0.15, 0.2) is 0 Å². The molecular weight excluding hydrogens is 388 g/mol. The Morgan fingerprint density at radius 3 is 1.16 bits per heavy atom. The molecule has 0 heterocycles. The molecule has 2 nitrogen and oxygen atoms in total. The molecule has 0 fully saturated rings. The lowest BCUT2D eigenvalue weighted by atomic mass is 10.0. The van der Waals surface area contributed by atoms with Gasteiger partial charge >= 0.3 is 0 Å². The van der Waals surface area contributed by atoms with Crippen LogP contribution in [0, 0.1) is 27.7 Å². The van der Waals surface area contributed by atoms with Crippen molar-refractivity contribution in [3.05, 3.63) is 58.7 Å². The topological polar surface area (TPSA) is 24.7 Å². The SMILES string of the molecule is CCCCCCC(=Nc1cc(C)cc(C)c1)C(CCCCCC)=Nc1cc(C)cc(C)c1. The van der Waals surface area contributed by atoms with Gasteiger partial charge in [0.1, 0.15) is 0 Å². The van der Waals surface area contributed by atoms with E-state index in [0.29, 0.717) is 0 Å². The molecule has 0 amide bonds. The van der Waals surface area contributed by atoms with Gasteiger partial charge in [0, 0.05) is 0 Å². The molecule has 2 heteroatoms. The molecule has 0 saturated heterocycles. The summed E-state index contributed by atoms with van der Waals surface area (Å²) in [6.45, 7) is 13.2. The highest BCUT2D eigenvalue weighted by molar-refractivity contribution is 6.43. The summed E-state index contributed by atoms with van der Waals surface area (Å²) in [4.78, 5) is 10.4. The molecule has 32 heavy (non-hydrogen) atoms. The largest absolute Gasteiger partial charge is 0.252 e. The maximum atomic E-state index is 5.20. The number of hydrogen-bond acceptors (Lipinski definition) is 2. The van der Waals surface area contributed by atoms with Gasteiger partial charge in [-0.3, -0.25) is 9.98 Å². The number of hydrogen-bond donors (Lipinski definition) is 0. The smallest absolute Gasteiger partial charge is 0.0639 e. The van der Waals surface area contributed by atoms with E-state index >= 15 is 0 Å². The first-order valence-electron chi connectivity index (χ1n) is 12.7. The van der Waals surface area contributed by atoms with Crippen LogP contribution in [0.3, 0.4) is 0 Å². The molecule has 0 aliphatic carbocycles. The standard InChI is InChI=1S/C30H44N2/c1-7-9-11-13-15-29(31-27-19-23(3)17-24(4)20-27)30(16-14-12-10-8-2)32-28-21-25(5)18-26(6)22-28/h17-22H,7-16H2,1-6H3. The average molecular weight is 433 g/mol. The van der Waals surface area contributed by atoms with Crippen molar-refractivity contribution in [2.75, 3.05) is 0 Å². The number of benzene rings is 2. The zero-order valence-corrected chi connectivity index (χ0v) is 21.4. The van der Waals surface area contributed by atoms with Crippen molar-refractivity contribution in [3.63, 3.8) is 0 Å². The molecular formula is C30H44N2. The second-order valence-corrected chi connectivity index (χ2v) is 9.43. The number of nitrogens with zero attached hydrogens (tertiary/aromatic N) is 2. The third-order valence-corrected chi connectivity index (χ3v) is 5.81. The zero-order valence-electron chi connectivity index (χ0n) is 21.4. The maximum Gasteiger partial charge on any atom is 0.0639 e. The van der Waals surface area contributed by atoms with Gasteiger partial charge in [-0.2, -0.15) is 0 Å². The first-order valence-corrected chi connectivity index (χ1v) is 12.7. The van der Waals surface area contributed by atoms with E-state index in [1.165, 1.54) is 85.0 Å². The molecule has 0 aliphatic heterocycles. The summed E-state index contributed by atoms with van der Waals surface area (Å²) < 4.78 is 0. The molecule has 0 atom stereocenters. The number of aliphatic imine (C=N–C) groups is 2. The van der Waals surface area contributed by atoms with Crippen LogP contribution >= 0.6 is 0 Å². The average Bonchev–Trinajstić information content (AvgIpc) is 2.71. The van der Waals surface area contributed by atoms with Gasteiger partial charge < -0.3 is 0 Å². The van der Waals surface area contributed by atoms with Crippen molar-refractivity contribution in [1.29, 1.82) is 0 Å². The predicted octanol–water partition coefficient (Wildman–Crippen LogP) is 9.71. The maximum absolute atomic E-state index is 5.20. The lowest BCUT2D eigenvalue weighted by Crippen LogP contribution is -2.14. The number of rotatable bonds is 13. The molecule has 0 saturated carbocycles. The monoisotopic (exact) mass is 432 g/mol. The Labute approximate surface area is 197 Å². The highest BCUT2D eigenvalue weighted by Crippen LogP contribution is 2.23. The molecule has 2 aromatic rings. The Kier molecular flexibility index (Phi) is 11.4. The van der Waals surface area contributed by atoms with E-state index in [1.54, 1.807) is 0 Å². The third-order valence-electron chi connectivity index (χ3n) is 5.81. The zero-order chi connectivity index (χ0) is 23.3.